The lowest BCUT2D eigenvalue weighted by Crippen LogP contribution is -2.47. The molecule has 1 aliphatic rings. The summed E-state index contributed by atoms with van der Waals surface area (Å²) in [6.45, 7) is 3.93. The van der Waals surface area contributed by atoms with Gasteiger partial charge in [-0.2, -0.15) is 0 Å². The van der Waals surface area contributed by atoms with Crippen molar-refractivity contribution in [2.45, 2.75) is 26.7 Å². The molecule has 0 radical (unpaired) electrons. The topological polar surface area (TPSA) is 101 Å². The highest BCUT2D eigenvalue weighted by atomic mass is 16.2. The zero-order valence-corrected chi connectivity index (χ0v) is 10.2. The van der Waals surface area contributed by atoms with Crippen molar-refractivity contribution in [1.29, 1.82) is 0 Å². The molecule has 1 aliphatic heterocycles. The van der Waals surface area contributed by atoms with Crippen LogP contribution in [-0.2, 0) is 14.4 Å². The maximum absolute atomic E-state index is 11.8. The Bertz CT molecular complexity index is 329. The van der Waals surface area contributed by atoms with E-state index in [0.29, 0.717) is 19.4 Å². The largest absolute Gasteiger partial charge is 0.369 e. The average molecular weight is 241 g/mol. The lowest BCUT2D eigenvalue weighted by molar-refractivity contribution is -0.130. The van der Waals surface area contributed by atoms with E-state index < -0.39 is 11.3 Å². The predicted molar refractivity (Wildman–Crippen MR) is 61.7 cm³/mol. The van der Waals surface area contributed by atoms with Gasteiger partial charge in [0.05, 0.1) is 11.3 Å². The van der Waals surface area contributed by atoms with Crippen LogP contribution in [0.3, 0.4) is 0 Å². The Hall–Kier alpha value is -1.59. The van der Waals surface area contributed by atoms with Gasteiger partial charge in [0.15, 0.2) is 0 Å². The number of carbonyl (C=O) groups is 3. The van der Waals surface area contributed by atoms with Crippen LogP contribution in [0.1, 0.15) is 26.7 Å². The van der Waals surface area contributed by atoms with E-state index in [4.69, 9.17) is 5.73 Å². The molecule has 0 saturated carbocycles. The molecule has 0 bridgehead atoms. The second-order valence-electron chi connectivity index (χ2n) is 5.01. The molecule has 0 spiro atoms. The van der Waals surface area contributed by atoms with Crippen molar-refractivity contribution in [2.75, 3.05) is 13.1 Å². The Morgan fingerprint density at radius 1 is 1.53 bits per heavy atom. The number of hydrogen-bond donors (Lipinski definition) is 3. The zero-order chi connectivity index (χ0) is 13.1. The third kappa shape index (κ3) is 3.72. The first-order valence-electron chi connectivity index (χ1n) is 5.67. The molecule has 1 unspecified atom stereocenters. The Labute approximate surface area is 100 Å². The normalized spacial score (nSPS) is 20.6. The monoisotopic (exact) mass is 241 g/mol. The van der Waals surface area contributed by atoms with Crippen LogP contribution < -0.4 is 16.4 Å². The van der Waals surface area contributed by atoms with Crippen LogP contribution in [-0.4, -0.2) is 30.8 Å². The fraction of sp³-hybridized carbons (Fsp3) is 0.727. The Balaban J connectivity index is 2.40. The van der Waals surface area contributed by atoms with Gasteiger partial charge in [-0.15, -0.1) is 0 Å². The first kappa shape index (κ1) is 13.5. The molecule has 1 saturated heterocycles. The molecule has 6 nitrogen and oxygen atoms in total. The van der Waals surface area contributed by atoms with Crippen molar-refractivity contribution >= 4 is 17.7 Å². The second-order valence-corrected chi connectivity index (χ2v) is 5.01. The predicted octanol–water partition coefficient (Wildman–Crippen LogP) is -0.860. The highest BCUT2D eigenvalue weighted by molar-refractivity contribution is 5.85. The molecule has 6 heteroatoms. The van der Waals surface area contributed by atoms with Crippen LogP contribution in [0, 0.1) is 11.3 Å². The average Bonchev–Trinajstić information content (AvgIpc) is 2.27. The molecule has 1 heterocycles. The summed E-state index contributed by atoms with van der Waals surface area (Å²) >= 11 is 0. The van der Waals surface area contributed by atoms with Crippen LogP contribution >= 0.6 is 0 Å². The molecule has 0 aromatic carbocycles. The summed E-state index contributed by atoms with van der Waals surface area (Å²) in [5.74, 6) is -0.822. The van der Waals surface area contributed by atoms with E-state index >= 15 is 0 Å². The van der Waals surface area contributed by atoms with Gasteiger partial charge in [-0.25, -0.2) is 0 Å². The fourth-order valence-electron chi connectivity index (χ4n) is 1.50. The van der Waals surface area contributed by atoms with Crippen molar-refractivity contribution < 1.29 is 14.4 Å². The molecular formula is C11H19N3O3. The van der Waals surface area contributed by atoms with Crippen LogP contribution in [0.5, 0.6) is 0 Å². The minimum atomic E-state index is -0.756. The summed E-state index contributed by atoms with van der Waals surface area (Å²) in [5.41, 5.74) is 4.45. The van der Waals surface area contributed by atoms with E-state index in [1.165, 1.54) is 0 Å². The van der Waals surface area contributed by atoms with Gasteiger partial charge in [-0.3, -0.25) is 14.4 Å². The SMILES string of the molecule is CC(C)(CNC(=O)C1CCC(=O)NC1)C(N)=O. The number of hydrogen-bond acceptors (Lipinski definition) is 3. The fourth-order valence-corrected chi connectivity index (χ4v) is 1.50. The number of carbonyl (C=O) groups excluding carboxylic acids is 3. The van der Waals surface area contributed by atoms with Gasteiger partial charge in [-0.1, -0.05) is 0 Å². The Kier molecular flexibility index (Phi) is 4.09. The molecule has 0 aromatic heterocycles. The van der Waals surface area contributed by atoms with Gasteiger partial charge < -0.3 is 16.4 Å². The Morgan fingerprint density at radius 3 is 2.65 bits per heavy atom. The molecule has 0 aliphatic carbocycles. The van der Waals surface area contributed by atoms with Crippen molar-refractivity contribution in [2.24, 2.45) is 17.1 Å². The maximum atomic E-state index is 11.8. The third-order valence-electron chi connectivity index (χ3n) is 3.01. The molecule has 3 amide bonds. The maximum Gasteiger partial charge on any atom is 0.224 e. The summed E-state index contributed by atoms with van der Waals surface area (Å²) in [7, 11) is 0. The standard InChI is InChI=1S/C11H19N3O3/c1-11(2,10(12)17)6-14-9(16)7-3-4-8(15)13-5-7/h7H,3-6H2,1-2H3,(H2,12,17)(H,13,15)(H,14,16). The number of piperidine rings is 1. The van der Waals surface area contributed by atoms with Crippen molar-refractivity contribution in [3.8, 4) is 0 Å². The number of primary amides is 1. The van der Waals surface area contributed by atoms with Gasteiger partial charge >= 0.3 is 0 Å². The molecule has 96 valence electrons. The quantitative estimate of drug-likeness (QED) is 0.597. The number of rotatable bonds is 4. The summed E-state index contributed by atoms with van der Waals surface area (Å²) in [6.07, 6.45) is 0.923. The van der Waals surface area contributed by atoms with E-state index in [-0.39, 0.29) is 24.3 Å². The van der Waals surface area contributed by atoms with Crippen molar-refractivity contribution in [1.82, 2.24) is 10.6 Å². The smallest absolute Gasteiger partial charge is 0.224 e. The van der Waals surface area contributed by atoms with Crippen LogP contribution in [0.2, 0.25) is 0 Å². The van der Waals surface area contributed by atoms with E-state index in [2.05, 4.69) is 10.6 Å². The minimum Gasteiger partial charge on any atom is -0.369 e. The van der Waals surface area contributed by atoms with Gasteiger partial charge in [0, 0.05) is 19.5 Å². The van der Waals surface area contributed by atoms with Gasteiger partial charge in [0.2, 0.25) is 17.7 Å². The molecule has 17 heavy (non-hydrogen) atoms. The first-order valence-corrected chi connectivity index (χ1v) is 5.67. The molecular weight excluding hydrogens is 222 g/mol. The van der Waals surface area contributed by atoms with Crippen molar-refractivity contribution in [3.63, 3.8) is 0 Å². The zero-order valence-electron chi connectivity index (χ0n) is 10.2. The van der Waals surface area contributed by atoms with Gasteiger partial charge in [0.25, 0.3) is 0 Å². The van der Waals surface area contributed by atoms with E-state index in [1.54, 1.807) is 13.8 Å². The third-order valence-corrected chi connectivity index (χ3v) is 3.01. The molecule has 1 atom stereocenters. The summed E-state index contributed by atoms with van der Waals surface area (Å²) in [4.78, 5) is 33.8. The summed E-state index contributed by atoms with van der Waals surface area (Å²) in [5, 5.41) is 5.34. The molecule has 1 rings (SSSR count). The Morgan fingerprint density at radius 2 is 2.18 bits per heavy atom. The van der Waals surface area contributed by atoms with Crippen LogP contribution in [0.4, 0.5) is 0 Å². The van der Waals surface area contributed by atoms with Crippen molar-refractivity contribution in [3.05, 3.63) is 0 Å². The summed E-state index contributed by atoms with van der Waals surface area (Å²) in [6, 6.07) is 0. The van der Waals surface area contributed by atoms with Crippen LogP contribution in [0.15, 0.2) is 0 Å². The van der Waals surface area contributed by atoms with E-state index in [0.717, 1.165) is 0 Å². The molecule has 1 fully saturated rings. The van der Waals surface area contributed by atoms with E-state index in [9.17, 15) is 14.4 Å². The summed E-state index contributed by atoms with van der Waals surface area (Å²) < 4.78 is 0. The minimum absolute atomic E-state index is 0.0217. The molecule has 0 aromatic rings. The van der Waals surface area contributed by atoms with Gasteiger partial charge in [0.1, 0.15) is 0 Å². The van der Waals surface area contributed by atoms with Gasteiger partial charge in [-0.05, 0) is 20.3 Å². The lowest BCUT2D eigenvalue weighted by atomic mass is 9.92. The highest BCUT2D eigenvalue weighted by Crippen LogP contribution is 2.14. The highest BCUT2D eigenvalue weighted by Gasteiger charge is 2.28. The number of amides is 3. The van der Waals surface area contributed by atoms with Crippen LogP contribution in [0.25, 0.3) is 0 Å². The second kappa shape index (κ2) is 5.16. The molecule has 4 N–H and O–H groups in total. The number of nitrogens with two attached hydrogens (primary N) is 1. The number of nitrogens with one attached hydrogen (secondary N) is 2. The van der Waals surface area contributed by atoms with E-state index in [1.807, 2.05) is 0 Å². The first-order chi connectivity index (χ1) is 7.83. The lowest BCUT2D eigenvalue weighted by Gasteiger charge is -2.25.